The highest BCUT2D eigenvalue weighted by atomic mass is 16.4. The minimum atomic E-state index is -0.952. The number of aliphatic carboxylic acids is 1. The Bertz CT molecular complexity index is 400. The van der Waals surface area contributed by atoms with E-state index in [4.69, 9.17) is 5.11 Å². The third-order valence-corrected chi connectivity index (χ3v) is 3.33. The Kier molecular flexibility index (Phi) is 5.14. The van der Waals surface area contributed by atoms with Gasteiger partial charge in [0.2, 0.25) is 11.8 Å². The maximum Gasteiger partial charge on any atom is 0.305 e. The summed E-state index contributed by atoms with van der Waals surface area (Å²) in [6.45, 7) is 7.72. The van der Waals surface area contributed by atoms with Gasteiger partial charge in [-0.25, -0.2) is 0 Å². The lowest BCUT2D eigenvalue weighted by molar-refractivity contribution is -0.145. The van der Waals surface area contributed by atoms with Gasteiger partial charge in [-0.3, -0.25) is 14.4 Å². The van der Waals surface area contributed by atoms with Crippen LogP contribution in [0.25, 0.3) is 0 Å². The van der Waals surface area contributed by atoms with Crippen LogP contribution >= 0.6 is 0 Å². The van der Waals surface area contributed by atoms with Crippen LogP contribution in [0.2, 0.25) is 0 Å². The third kappa shape index (κ3) is 4.21. The molecule has 0 aromatic heterocycles. The van der Waals surface area contributed by atoms with Gasteiger partial charge >= 0.3 is 5.97 Å². The molecule has 2 atom stereocenters. The van der Waals surface area contributed by atoms with E-state index in [2.05, 4.69) is 5.32 Å². The predicted molar refractivity (Wildman–Crippen MR) is 74.0 cm³/mol. The highest BCUT2D eigenvalue weighted by Crippen LogP contribution is 2.25. The molecule has 0 saturated carbocycles. The number of nitrogens with zero attached hydrogens (tertiary/aromatic N) is 1. The standard InChI is InChI=1S/C14H24N2O4/c1-9(8-11(17)18)15-12(19)10-6-5-7-16(10)13(20)14(2,3)4/h9-10H,5-8H2,1-4H3,(H,15,19)(H,17,18). The molecule has 1 fully saturated rings. The molecule has 1 rings (SSSR count). The van der Waals surface area contributed by atoms with Crippen LogP contribution in [0.5, 0.6) is 0 Å². The van der Waals surface area contributed by atoms with Gasteiger partial charge in [0.25, 0.3) is 0 Å². The second kappa shape index (κ2) is 6.24. The van der Waals surface area contributed by atoms with Gasteiger partial charge in [0.1, 0.15) is 6.04 Å². The van der Waals surface area contributed by atoms with Crippen LogP contribution in [0.4, 0.5) is 0 Å². The van der Waals surface area contributed by atoms with Gasteiger partial charge in [-0.05, 0) is 19.8 Å². The highest BCUT2D eigenvalue weighted by Gasteiger charge is 2.38. The molecule has 0 radical (unpaired) electrons. The number of rotatable bonds is 4. The number of carboxylic acids is 1. The molecule has 1 aliphatic heterocycles. The van der Waals surface area contributed by atoms with Crippen molar-refractivity contribution in [2.24, 2.45) is 5.41 Å². The predicted octanol–water partition coefficient (Wildman–Crippen LogP) is 1.00. The molecule has 114 valence electrons. The van der Waals surface area contributed by atoms with Gasteiger partial charge in [-0.2, -0.15) is 0 Å². The van der Waals surface area contributed by atoms with Crippen molar-refractivity contribution in [3.05, 3.63) is 0 Å². The van der Waals surface area contributed by atoms with Crippen molar-refractivity contribution >= 4 is 17.8 Å². The topological polar surface area (TPSA) is 86.7 Å². The van der Waals surface area contributed by atoms with Crippen LogP contribution < -0.4 is 5.32 Å². The number of carbonyl (C=O) groups is 3. The van der Waals surface area contributed by atoms with Crippen molar-refractivity contribution in [2.75, 3.05) is 6.54 Å². The molecule has 6 heteroatoms. The molecule has 1 saturated heterocycles. The SMILES string of the molecule is CC(CC(=O)O)NC(=O)C1CCCN1C(=O)C(C)(C)C. The van der Waals surface area contributed by atoms with Crippen LogP contribution in [0.3, 0.4) is 0 Å². The molecule has 0 spiro atoms. The monoisotopic (exact) mass is 284 g/mol. The van der Waals surface area contributed by atoms with Crippen LogP contribution in [-0.2, 0) is 14.4 Å². The van der Waals surface area contributed by atoms with Crippen LogP contribution in [0.1, 0.15) is 47.0 Å². The second-order valence-corrected chi connectivity index (χ2v) is 6.41. The van der Waals surface area contributed by atoms with Crippen molar-refractivity contribution in [2.45, 2.75) is 59.0 Å². The number of hydrogen-bond acceptors (Lipinski definition) is 3. The summed E-state index contributed by atoms with van der Waals surface area (Å²) in [7, 11) is 0. The molecule has 20 heavy (non-hydrogen) atoms. The van der Waals surface area contributed by atoms with Crippen LogP contribution in [-0.4, -0.2) is 46.4 Å². The van der Waals surface area contributed by atoms with E-state index in [1.807, 2.05) is 20.8 Å². The fraction of sp³-hybridized carbons (Fsp3) is 0.786. The molecule has 0 aromatic rings. The molecular formula is C14H24N2O4. The molecule has 2 N–H and O–H groups in total. The first-order valence-electron chi connectivity index (χ1n) is 6.96. The summed E-state index contributed by atoms with van der Waals surface area (Å²) >= 11 is 0. The molecule has 0 aromatic carbocycles. The Morgan fingerprint density at radius 1 is 1.35 bits per heavy atom. The summed E-state index contributed by atoms with van der Waals surface area (Å²) in [6.07, 6.45) is 1.31. The van der Waals surface area contributed by atoms with Crippen molar-refractivity contribution in [3.8, 4) is 0 Å². The van der Waals surface area contributed by atoms with E-state index in [1.54, 1.807) is 11.8 Å². The minimum absolute atomic E-state index is 0.0407. The average molecular weight is 284 g/mol. The molecule has 0 bridgehead atoms. The number of carbonyl (C=O) groups excluding carboxylic acids is 2. The fourth-order valence-corrected chi connectivity index (χ4v) is 2.37. The Balaban J connectivity index is 2.67. The summed E-state index contributed by atoms with van der Waals surface area (Å²) in [5.74, 6) is -1.25. The zero-order valence-electron chi connectivity index (χ0n) is 12.6. The second-order valence-electron chi connectivity index (χ2n) is 6.41. The molecule has 2 amide bonds. The number of amides is 2. The van der Waals surface area contributed by atoms with Crippen molar-refractivity contribution in [3.63, 3.8) is 0 Å². The Hall–Kier alpha value is -1.59. The quantitative estimate of drug-likeness (QED) is 0.806. The smallest absolute Gasteiger partial charge is 0.305 e. The number of carboxylic acid groups (broad SMARTS) is 1. The zero-order valence-corrected chi connectivity index (χ0v) is 12.6. The van der Waals surface area contributed by atoms with E-state index >= 15 is 0 Å². The first-order valence-corrected chi connectivity index (χ1v) is 6.96. The zero-order chi connectivity index (χ0) is 15.5. The van der Waals surface area contributed by atoms with Crippen molar-refractivity contribution < 1.29 is 19.5 Å². The van der Waals surface area contributed by atoms with E-state index in [-0.39, 0.29) is 18.2 Å². The molecule has 0 aliphatic carbocycles. The number of likely N-dealkylation sites (tertiary alicyclic amines) is 1. The van der Waals surface area contributed by atoms with Crippen LogP contribution in [0, 0.1) is 5.41 Å². The van der Waals surface area contributed by atoms with Gasteiger partial charge in [0, 0.05) is 18.0 Å². The molecular weight excluding hydrogens is 260 g/mol. The lowest BCUT2D eigenvalue weighted by atomic mass is 9.94. The maximum atomic E-state index is 12.3. The van der Waals surface area contributed by atoms with Gasteiger partial charge < -0.3 is 15.3 Å². The van der Waals surface area contributed by atoms with E-state index in [0.29, 0.717) is 13.0 Å². The van der Waals surface area contributed by atoms with E-state index in [0.717, 1.165) is 6.42 Å². The van der Waals surface area contributed by atoms with E-state index in [1.165, 1.54) is 0 Å². The fourth-order valence-electron chi connectivity index (χ4n) is 2.37. The number of hydrogen-bond donors (Lipinski definition) is 2. The molecule has 2 unspecified atom stereocenters. The van der Waals surface area contributed by atoms with Gasteiger partial charge in [-0.15, -0.1) is 0 Å². The first kappa shape index (κ1) is 16.5. The van der Waals surface area contributed by atoms with E-state index in [9.17, 15) is 14.4 Å². The minimum Gasteiger partial charge on any atom is -0.481 e. The first-order chi connectivity index (χ1) is 9.12. The van der Waals surface area contributed by atoms with Gasteiger partial charge in [0.05, 0.1) is 6.42 Å². The highest BCUT2D eigenvalue weighted by molar-refractivity contribution is 5.90. The number of nitrogens with one attached hydrogen (secondary N) is 1. The van der Waals surface area contributed by atoms with Gasteiger partial charge in [-0.1, -0.05) is 20.8 Å². The molecule has 6 nitrogen and oxygen atoms in total. The summed E-state index contributed by atoms with van der Waals surface area (Å²) in [5, 5.41) is 11.4. The summed E-state index contributed by atoms with van der Waals surface area (Å²) < 4.78 is 0. The Morgan fingerprint density at radius 2 is 1.95 bits per heavy atom. The summed E-state index contributed by atoms with van der Waals surface area (Å²) in [5.41, 5.74) is -0.518. The third-order valence-electron chi connectivity index (χ3n) is 3.33. The van der Waals surface area contributed by atoms with E-state index < -0.39 is 23.5 Å². The average Bonchev–Trinajstić information content (AvgIpc) is 2.73. The maximum absolute atomic E-state index is 12.3. The summed E-state index contributed by atoms with van der Waals surface area (Å²) in [4.78, 5) is 36.7. The summed E-state index contributed by atoms with van der Waals surface area (Å²) in [6, 6.07) is -0.912. The van der Waals surface area contributed by atoms with Crippen molar-refractivity contribution in [1.29, 1.82) is 0 Å². The van der Waals surface area contributed by atoms with Gasteiger partial charge in [0.15, 0.2) is 0 Å². The lowest BCUT2D eigenvalue weighted by Crippen LogP contribution is -2.51. The Labute approximate surface area is 119 Å². The van der Waals surface area contributed by atoms with Crippen molar-refractivity contribution in [1.82, 2.24) is 10.2 Å². The molecule has 1 aliphatic rings. The normalized spacial score (nSPS) is 20.6. The lowest BCUT2D eigenvalue weighted by Gasteiger charge is -2.30. The molecule has 1 heterocycles. The Morgan fingerprint density at radius 3 is 2.45 bits per heavy atom. The largest absolute Gasteiger partial charge is 0.481 e. The van der Waals surface area contributed by atoms with Crippen LogP contribution in [0.15, 0.2) is 0 Å².